The van der Waals surface area contributed by atoms with E-state index in [1.165, 1.54) is 38.5 Å². The van der Waals surface area contributed by atoms with Crippen LogP contribution in [0.15, 0.2) is 0 Å². The van der Waals surface area contributed by atoms with Gasteiger partial charge in [0.25, 0.3) is 0 Å². The molecular formula is C26H46N4O2. The van der Waals surface area contributed by atoms with Gasteiger partial charge in [0.05, 0.1) is 0 Å². The van der Waals surface area contributed by atoms with Gasteiger partial charge in [-0.05, 0) is 43.4 Å². The highest BCUT2D eigenvalue weighted by atomic mass is 16.2. The van der Waals surface area contributed by atoms with E-state index >= 15 is 0 Å². The van der Waals surface area contributed by atoms with E-state index in [0.717, 1.165) is 64.4 Å². The smallest absolute Gasteiger partial charge is 0.222 e. The fraction of sp³-hybridized carbons (Fsp3) is 0.923. The molecule has 2 aliphatic heterocycles. The van der Waals surface area contributed by atoms with E-state index in [9.17, 15) is 9.59 Å². The van der Waals surface area contributed by atoms with E-state index in [1.54, 1.807) is 0 Å². The second-order valence-corrected chi connectivity index (χ2v) is 11.6. The molecule has 6 heteroatoms. The Kier molecular flexibility index (Phi) is 8.14. The Balaban J connectivity index is 1.23. The first kappa shape index (κ1) is 24.0. The topological polar surface area (TPSA) is 47.1 Å². The van der Waals surface area contributed by atoms with Gasteiger partial charge in [-0.3, -0.25) is 19.4 Å². The number of hydrogen-bond acceptors (Lipinski definition) is 4. The molecule has 2 atom stereocenters. The molecule has 32 heavy (non-hydrogen) atoms. The lowest BCUT2D eigenvalue weighted by molar-refractivity contribution is -0.134. The first-order valence-corrected chi connectivity index (χ1v) is 13.4. The van der Waals surface area contributed by atoms with Crippen molar-refractivity contribution in [3.8, 4) is 0 Å². The van der Waals surface area contributed by atoms with Gasteiger partial charge in [-0.25, -0.2) is 0 Å². The van der Waals surface area contributed by atoms with E-state index in [2.05, 4.69) is 40.4 Å². The van der Waals surface area contributed by atoms with Crippen molar-refractivity contribution in [3.63, 3.8) is 0 Å². The molecule has 0 radical (unpaired) electrons. The third-order valence-electron chi connectivity index (χ3n) is 8.40. The van der Waals surface area contributed by atoms with Gasteiger partial charge in [0.1, 0.15) is 0 Å². The van der Waals surface area contributed by atoms with Gasteiger partial charge in [0.15, 0.2) is 0 Å². The Bertz CT molecular complexity index is 594. The van der Waals surface area contributed by atoms with Gasteiger partial charge >= 0.3 is 0 Å². The normalized spacial score (nSPS) is 30.2. The Morgan fingerprint density at radius 1 is 0.688 bits per heavy atom. The van der Waals surface area contributed by atoms with Crippen LogP contribution < -0.4 is 0 Å². The Labute approximate surface area is 195 Å². The molecule has 2 unspecified atom stereocenters. The number of hydrogen-bond donors (Lipinski definition) is 0. The van der Waals surface area contributed by atoms with Gasteiger partial charge in [-0.2, -0.15) is 0 Å². The maximum absolute atomic E-state index is 13.1. The van der Waals surface area contributed by atoms with Crippen molar-refractivity contribution in [2.75, 3.05) is 52.4 Å². The van der Waals surface area contributed by atoms with Crippen molar-refractivity contribution in [3.05, 3.63) is 0 Å². The summed E-state index contributed by atoms with van der Waals surface area (Å²) in [6, 6.07) is 1.50. The predicted octanol–water partition coefficient (Wildman–Crippen LogP) is 3.07. The summed E-state index contributed by atoms with van der Waals surface area (Å²) in [5, 5.41) is 0. The van der Waals surface area contributed by atoms with Crippen molar-refractivity contribution in [2.45, 2.75) is 84.2 Å². The number of carbonyl (C=O) groups excluding carboxylic acids is 2. The van der Waals surface area contributed by atoms with Crippen molar-refractivity contribution >= 4 is 11.8 Å². The molecular weight excluding hydrogens is 400 g/mol. The SMILES string of the molecule is CC(CC(=O)N1CCN(C2CCC2)CC(C)C1)CC(=O)N1CCN(C2CCC2)CC(C)C1. The molecule has 0 aromatic heterocycles. The number of carbonyl (C=O) groups is 2. The maximum Gasteiger partial charge on any atom is 0.222 e. The number of rotatable bonds is 6. The minimum Gasteiger partial charge on any atom is -0.341 e. The van der Waals surface area contributed by atoms with Crippen LogP contribution in [0.3, 0.4) is 0 Å². The molecule has 6 nitrogen and oxygen atoms in total. The molecule has 2 aliphatic carbocycles. The lowest BCUT2D eigenvalue weighted by Gasteiger charge is -2.37. The zero-order valence-electron chi connectivity index (χ0n) is 20.8. The van der Waals surface area contributed by atoms with Gasteiger partial charge < -0.3 is 9.80 Å². The Hall–Kier alpha value is -1.14. The Morgan fingerprint density at radius 2 is 1.09 bits per heavy atom. The highest BCUT2D eigenvalue weighted by Gasteiger charge is 2.32. The quantitative estimate of drug-likeness (QED) is 0.629. The molecule has 182 valence electrons. The lowest BCUT2D eigenvalue weighted by Crippen LogP contribution is -2.43. The van der Waals surface area contributed by atoms with Crippen molar-refractivity contribution in [2.24, 2.45) is 17.8 Å². The van der Waals surface area contributed by atoms with Crippen LogP contribution in [-0.2, 0) is 9.59 Å². The average molecular weight is 447 g/mol. The third kappa shape index (κ3) is 6.05. The number of nitrogens with zero attached hydrogens (tertiary/aromatic N) is 4. The van der Waals surface area contributed by atoms with E-state index in [4.69, 9.17) is 0 Å². The third-order valence-corrected chi connectivity index (χ3v) is 8.40. The molecule has 2 amide bonds. The molecule has 0 bridgehead atoms. The molecule has 0 aromatic carbocycles. The highest BCUT2D eigenvalue weighted by Crippen LogP contribution is 2.28. The fourth-order valence-corrected chi connectivity index (χ4v) is 6.08. The van der Waals surface area contributed by atoms with Crippen LogP contribution in [0, 0.1) is 17.8 Å². The summed E-state index contributed by atoms with van der Waals surface area (Å²) in [5.74, 6) is 1.64. The van der Waals surface area contributed by atoms with Crippen LogP contribution in [0.2, 0.25) is 0 Å². The van der Waals surface area contributed by atoms with Crippen LogP contribution in [0.1, 0.15) is 72.1 Å². The standard InChI is InChI=1S/C26H46N4O2/c1-20(14-25(31)29-12-10-27(16-21(2)18-29)23-6-4-7-23)15-26(32)30-13-11-28(17-22(3)19-30)24-8-5-9-24/h20-24H,4-19H2,1-3H3. The van der Waals surface area contributed by atoms with Crippen molar-refractivity contribution < 1.29 is 9.59 Å². The highest BCUT2D eigenvalue weighted by molar-refractivity contribution is 5.79. The van der Waals surface area contributed by atoms with E-state index in [0.29, 0.717) is 24.7 Å². The van der Waals surface area contributed by atoms with E-state index < -0.39 is 0 Å². The van der Waals surface area contributed by atoms with Crippen LogP contribution >= 0.6 is 0 Å². The van der Waals surface area contributed by atoms with E-state index in [-0.39, 0.29) is 17.7 Å². The molecule has 4 aliphatic rings. The van der Waals surface area contributed by atoms with Gasteiger partial charge in [0, 0.05) is 77.3 Å². The predicted molar refractivity (Wildman–Crippen MR) is 128 cm³/mol. The molecule has 2 saturated heterocycles. The molecule has 2 heterocycles. The van der Waals surface area contributed by atoms with Gasteiger partial charge in [-0.1, -0.05) is 33.6 Å². The zero-order valence-corrected chi connectivity index (χ0v) is 20.8. The van der Waals surface area contributed by atoms with Crippen LogP contribution in [0.25, 0.3) is 0 Å². The summed E-state index contributed by atoms with van der Waals surface area (Å²) in [7, 11) is 0. The summed E-state index contributed by atoms with van der Waals surface area (Å²) >= 11 is 0. The molecule has 4 fully saturated rings. The van der Waals surface area contributed by atoms with Crippen molar-refractivity contribution in [1.82, 2.24) is 19.6 Å². The maximum atomic E-state index is 13.1. The second kappa shape index (κ2) is 10.9. The van der Waals surface area contributed by atoms with Gasteiger partial charge in [-0.15, -0.1) is 0 Å². The van der Waals surface area contributed by atoms with Crippen LogP contribution in [0.5, 0.6) is 0 Å². The molecule has 0 N–H and O–H groups in total. The fourth-order valence-electron chi connectivity index (χ4n) is 6.08. The summed E-state index contributed by atoms with van der Waals surface area (Å²) < 4.78 is 0. The summed E-state index contributed by atoms with van der Waals surface area (Å²) in [5.41, 5.74) is 0. The monoisotopic (exact) mass is 446 g/mol. The summed E-state index contributed by atoms with van der Waals surface area (Å²) in [6.07, 6.45) is 9.02. The molecule has 4 rings (SSSR count). The second-order valence-electron chi connectivity index (χ2n) is 11.6. The first-order valence-electron chi connectivity index (χ1n) is 13.4. The van der Waals surface area contributed by atoms with E-state index in [1.807, 2.05) is 0 Å². The summed E-state index contributed by atoms with van der Waals surface area (Å²) in [4.78, 5) is 35.5. The zero-order chi connectivity index (χ0) is 22.7. The number of amides is 2. The molecule has 0 spiro atoms. The lowest BCUT2D eigenvalue weighted by atomic mass is 9.91. The largest absolute Gasteiger partial charge is 0.341 e. The van der Waals surface area contributed by atoms with Crippen LogP contribution in [0.4, 0.5) is 0 Å². The minimum atomic E-state index is 0.109. The summed E-state index contributed by atoms with van der Waals surface area (Å²) in [6.45, 7) is 14.3. The van der Waals surface area contributed by atoms with Crippen molar-refractivity contribution in [1.29, 1.82) is 0 Å². The van der Waals surface area contributed by atoms with Gasteiger partial charge in [0.2, 0.25) is 11.8 Å². The molecule has 0 aromatic rings. The first-order chi connectivity index (χ1) is 15.4. The minimum absolute atomic E-state index is 0.109. The average Bonchev–Trinajstić information content (AvgIpc) is 2.94. The molecule has 2 saturated carbocycles. The Morgan fingerprint density at radius 3 is 1.44 bits per heavy atom. The van der Waals surface area contributed by atoms with Crippen LogP contribution in [-0.4, -0.2) is 95.9 Å².